The van der Waals surface area contributed by atoms with Gasteiger partial charge in [0.25, 0.3) is 0 Å². The second-order valence-corrected chi connectivity index (χ2v) is 2.90. The van der Waals surface area contributed by atoms with E-state index in [0.29, 0.717) is 6.42 Å². The maximum absolute atomic E-state index is 13.2. The third kappa shape index (κ3) is 2.54. The Bertz CT molecular complexity index is 377. The number of rotatable bonds is 2. The molecule has 74 valence electrons. The minimum atomic E-state index is -0.571. The van der Waals surface area contributed by atoms with Gasteiger partial charge in [-0.05, 0) is 25.1 Å². The molecule has 0 aliphatic rings. The normalized spacial score (nSPS) is 11.7. The van der Waals surface area contributed by atoms with Crippen molar-refractivity contribution in [3.05, 3.63) is 35.4 Å². The Morgan fingerprint density at radius 2 is 2.14 bits per heavy atom. The first-order chi connectivity index (χ1) is 6.65. The summed E-state index contributed by atoms with van der Waals surface area (Å²) in [7, 11) is 0. The van der Waals surface area contributed by atoms with Gasteiger partial charge in [0, 0.05) is 18.0 Å². The van der Waals surface area contributed by atoms with E-state index in [0.717, 1.165) is 18.2 Å². The van der Waals surface area contributed by atoms with Gasteiger partial charge in [0.1, 0.15) is 11.6 Å². The number of benzene rings is 1. The zero-order valence-electron chi connectivity index (χ0n) is 7.85. The summed E-state index contributed by atoms with van der Waals surface area (Å²) in [6.45, 7) is 1.68. The molecule has 1 nitrogen and oxygen atoms in total. The van der Waals surface area contributed by atoms with E-state index in [1.165, 1.54) is 0 Å². The van der Waals surface area contributed by atoms with Crippen LogP contribution in [0, 0.1) is 23.5 Å². The quantitative estimate of drug-likeness (QED) is 0.720. The summed E-state index contributed by atoms with van der Waals surface area (Å²) in [6.07, 6.45) is 0.330. The molecule has 1 unspecified atom stereocenters. The van der Waals surface area contributed by atoms with E-state index in [-0.39, 0.29) is 5.56 Å². The first-order valence-corrected chi connectivity index (χ1v) is 4.25. The Morgan fingerprint density at radius 3 is 2.79 bits per heavy atom. The molecule has 1 aromatic rings. The first-order valence-electron chi connectivity index (χ1n) is 4.25. The number of hydrogen-bond acceptors (Lipinski definition) is 1. The maximum Gasteiger partial charge on any atom is 0.128 e. The van der Waals surface area contributed by atoms with Crippen molar-refractivity contribution in [2.75, 3.05) is 0 Å². The van der Waals surface area contributed by atoms with Crippen LogP contribution in [-0.4, -0.2) is 0 Å². The van der Waals surface area contributed by atoms with Crippen LogP contribution in [0.4, 0.5) is 8.78 Å². The fraction of sp³-hybridized carbons (Fsp3) is 0.273. The second-order valence-electron chi connectivity index (χ2n) is 2.90. The predicted octanol–water partition coefficient (Wildman–Crippen LogP) is 2.38. The summed E-state index contributed by atoms with van der Waals surface area (Å²) in [4.78, 5) is 0. The Labute approximate surface area is 81.9 Å². The van der Waals surface area contributed by atoms with E-state index in [2.05, 4.69) is 11.8 Å². The van der Waals surface area contributed by atoms with E-state index in [9.17, 15) is 8.78 Å². The summed E-state index contributed by atoms with van der Waals surface area (Å²) in [6, 6.07) is 2.68. The SMILES string of the molecule is CC#CCC(N)c1cc(F)ccc1F. The topological polar surface area (TPSA) is 26.0 Å². The van der Waals surface area contributed by atoms with E-state index in [1.807, 2.05) is 0 Å². The van der Waals surface area contributed by atoms with Crippen molar-refractivity contribution < 1.29 is 8.78 Å². The van der Waals surface area contributed by atoms with Crippen LogP contribution in [0.25, 0.3) is 0 Å². The monoisotopic (exact) mass is 195 g/mol. The maximum atomic E-state index is 13.2. The smallest absolute Gasteiger partial charge is 0.128 e. The Morgan fingerprint density at radius 1 is 1.43 bits per heavy atom. The molecule has 0 heterocycles. The van der Waals surface area contributed by atoms with E-state index in [1.54, 1.807) is 6.92 Å². The van der Waals surface area contributed by atoms with Crippen LogP contribution in [0.5, 0.6) is 0 Å². The number of nitrogens with two attached hydrogens (primary N) is 1. The first kappa shape index (κ1) is 10.7. The molecule has 0 bridgehead atoms. The van der Waals surface area contributed by atoms with Gasteiger partial charge in [0.05, 0.1) is 0 Å². The Kier molecular flexibility index (Phi) is 3.61. The molecule has 0 saturated carbocycles. The molecule has 1 atom stereocenters. The van der Waals surface area contributed by atoms with Crippen molar-refractivity contribution in [1.29, 1.82) is 0 Å². The average Bonchev–Trinajstić information content (AvgIpc) is 2.18. The molecule has 0 aliphatic heterocycles. The number of hydrogen-bond donors (Lipinski definition) is 1. The molecule has 1 rings (SSSR count). The highest BCUT2D eigenvalue weighted by atomic mass is 19.1. The lowest BCUT2D eigenvalue weighted by molar-refractivity contribution is 0.565. The van der Waals surface area contributed by atoms with Gasteiger partial charge in [0.2, 0.25) is 0 Å². The summed E-state index contributed by atoms with van der Waals surface area (Å²) in [5, 5.41) is 0. The van der Waals surface area contributed by atoms with Gasteiger partial charge in [-0.15, -0.1) is 11.8 Å². The van der Waals surface area contributed by atoms with Gasteiger partial charge in [-0.1, -0.05) is 0 Å². The highest BCUT2D eigenvalue weighted by molar-refractivity contribution is 5.23. The molecule has 3 heteroatoms. The van der Waals surface area contributed by atoms with Crippen LogP contribution in [0.2, 0.25) is 0 Å². The largest absolute Gasteiger partial charge is 0.323 e. The van der Waals surface area contributed by atoms with Gasteiger partial charge < -0.3 is 5.73 Å². The van der Waals surface area contributed by atoms with Crippen molar-refractivity contribution in [3.8, 4) is 11.8 Å². The zero-order chi connectivity index (χ0) is 10.6. The van der Waals surface area contributed by atoms with Gasteiger partial charge >= 0.3 is 0 Å². The summed E-state index contributed by atoms with van der Waals surface area (Å²) < 4.78 is 25.9. The highest BCUT2D eigenvalue weighted by Crippen LogP contribution is 2.18. The lowest BCUT2D eigenvalue weighted by atomic mass is 10.0. The molecule has 0 aliphatic carbocycles. The van der Waals surface area contributed by atoms with Gasteiger partial charge in [0.15, 0.2) is 0 Å². The summed E-state index contributed by atoms with van der Waals surface area (Å²) in [5.41, 5.74) is 5.82. The van der Waals surface area contributed by atoms with Crippen molar-refractivity contribution in [1.82, 2.24) is 0 Å². The van der Waals surface area contributed by atoms with Crippen LogP contribution in [0.15, 0.2) is 18.2 Å². The van der Waals surface area contributed by atoms with Crippen LogP contribution in [0.3, 0.4) is 0 Å². The fourth-order valence-electron chi connectivity index (χ4n) is 1.12. The molecular formula is C11H11F2N. The molecule has 2 N–H and O–H groups in total. The van der Waals surface area contributed by atoms with Crippen LogP contribution in [0.1, 0.15) is 24.9 Å². The van der Waals surface area contributed by atoms with E-state index in [4.69, 9.17) is 5.73 Å². The zero-order valence-corrected chi connectivity index (χ0v) is 7.85. The van der Waals surface area contributed by atoms with Crippen LogP contribution in [-0.2, 0) is 0 Å². The summed E-state index contributed by atoms with van der Waals surface area (Å²) in [5.74, 6) is 4.41. The average molecular weight is 195 g/mol. The third-order valence-electron chi connectivity index (χ3n) is 1.86. The minimum absolute atomic E-state index is 0.174. The Balaban J connectivity index is 2.91. The lowest BCUT2D eigenvalue weighted by Crippen LogP contribution is -2.11. The molecule has 0 spiro atoms. The Hall–Kier alpha value is -1.40. The van der Waals surface area contributed by atoms with Crippen molar-refractivity contribution in [2.24, 2.45) is 5.73 Å². The number of halogens is 2. The van der Waals surface area contributed by atoms with Crippen molar-refractivity contribution >= 4 is 0 Å². The van der Waals surface area contributed by atoms with Crippen molar-refractivity contribution in [2.45, 2.75) is 19.4 Å². The molecule has 1 aromatic carbocycles. The molecule has 0 fully saturated rings. The summed E-state index contributed by atoms with van der Waals surface area (Å²) >= 11 is 0. The standard InChI is InChI=1S/C11H11F2N/c1-2-3-4-11(14)9-7-8(12)5-6-10(9)13/h5-7,11H,4,14H2,1H3. The van der Waals surface area contributed by atoms with E-state index >= 15 is 0 Å². The lowest BCUT2D eigenvalue weighted by Gasteiger charge is -2.09. The molecule has 14 heavy (non-hydrogen) atoms. The van der Waals surface area contributed by atoms with Crippen LogP contribution < -0.4 is 5.73 Å². The van der Waals surface area contributed by atoms with Gasteiger partial charge in [-0.3, -0.25) is 0 Å². The minimum Gasteiger partial charge on any atom is -0.323 e. The van der Waals surface area contributed by atoms with Gasteiger partial charge in [-0.2, -0.15) is 0 Å². The van der Waals surface area contributed by atoms with Crippen molar-refractivity contribution in [3.63, 3.8) is 0 Å². The van der Waals surface area contributed by atoms with Gasteiger partial charge in [-0.25, -0.2) is 8.78 Å². The third-order valence-corrected chi connectivity index (χ3v) is 1.86. The predicted molar refractivity (Wildman–Crippen MR) is 51.4 cm³/mol. The fourth-order valence-corrected chi connectivity index (χ4v) is 1.12. The van der Waals surface area contributed by atoms with E-state index < -0.39 is 17.7 Å². The molecule has 0 aromatic heterocycles. The highest BCUT2D eigenvalue weighted by Gasteiger charge is 2.10. The molecular weight excluding hydrogens is 184 g/mol. The molecule has 0 saturated heterocycles. The molecule has 0 radical (unpaired) electrons. The van der Waals surface area contributed by atoms with Crippen LogP contribution >= 0.6 is 0 Å². The molecule has 0 amide bonds. The second kappa shape index (κ2) is 4.73.